The van der Waals surface area contributed by atoms with Crippen molar-refractivity contribution in [2.24, 2.45) is 5.92 Å². The van der Waals surface area contributed by atoms with Gasteiger partial charge in [0.05, 0.1) is 12.0 Å². The first-order valence-electron chi connectivity index (χ1n) is 6.53. The molecule has 2 rings (SSSR count). The highest BCUT2D eigenvalue weighted by molar-refractivity contribution is 5.85. The zero-order valence-corrected chi connectivity index (χ0v) is 12.9. The number of ether oxygens (including phenoxy) is 2. The van der Waals surface area contributed by atoms with Crippen LogP contribution in [0.15, 0.2) is 18.2 Å². The van der Waals surface area contributed by atoms with E-state index >= 15 is 0 Å². The van der Waals surface area contributed by atoms with Crippen molar-refractivity contribution in [2.75, 3.05) is 33.4 Å². The van der Waals surface area contributed by atoms with Crippen LogP contribution in [-0.2, 0) is 4.79 Å². The van der Waals surface area contributed by atoms with E-state index in [1.165, 1.54) is 25.3 Å². The van der Waals surface area contributed by atoms with Crippen molar-refractivity contribution < 1.29 is 19.2 Å². The van der Waals surface area contributed by atoms with Crippen molar-refractivity contribution in [3.05, 3.63) is 28.3 Å². The van der Waals surface area contributed by atoms with Crippen molar-refractivity contribution in [3.63, 3.8) is 0 Å². The molecule has 1 saturated heterocycles. The number of carbonyl (C=O) groups is 1. The molecule has 1 aromatic carbocycles. The summed E-state index contributed by atoms with van der Waals surface area (Å²) in [6.07, 6.45) is 0. The smallest absolute Gasteiger partial charge is 0.311 e. The van der Waals surface area contributed by atoms with E-state index in [0.29, 0.717) is 18.2 Å². The fourth-order valence-corrected chi connectivity index (χ4v) is 1.85. The molecular weight excluding hydrogens is 314 g/mol. The van der Waals surface area contributed by atoms with Crippen LogP contribution in [0.2, 0.25) is 0 Å². The third-order valence-corrected chi connectivity index (χ3v) is 3.17. The molecule has 0 saturated carbocycles. The zero-order chi connectivity index (χ0) is 15.2. The first kappa shape index (κ1) is 18.0. The lowest BCUT2D eigenvalue weighted by Crippen LogP contribution is -2.48. The Labute approximate surface area is 133 Å². The molecule has 9 heteroatoms. The van der Waals surface area contributed by atoms with Crippen LogP contribution in [0.5, 0.6) is 11.5 Å². The van der Waals surface area contributed by atoms with Gasteiger partial charge in [-0.15, -0.1) is 12.4 Å². The van der Waals surface area contributed by atoms with Crippen molar-refractivity contribution in [2.45, 2.75) is 0 Å². The van der Waals surface area contributed by atoms with Crippen LogP contribution in [0, 0.1) is 16.0 Å². The summed E-state index contributed by atoms with van der Waals surface area (Å²) in [5.74, 6) is 0.698. The maximum atomic E-state index is 11.6. The molecule has 0 aliphatic carbocycles. The van der Waals surface area contributed by atoms with Crippen LogP contribution >= 0.6 is 12.4 Å². The second-order valence-corrected chi connectivity index (χ2v) is 4.71. The minimum absolute atomic E-state index is 0. The number of carbonyl (C=O) groups excluding carboxylic acids is 1. The molecule has 1 aromatic rings. The molecule has 1 aliphatic heterocycles. The van der Waals surface area contributed by atoms with Gasteiger partial charge in [0.1, 0.15) is 5.75 Å². The number of nitro benzene ring substituents is 1. The Morgan fingerprint density at radius 1 is 1.50 bits per heavy atom. The second-order valence-electron chi connectivity index (χ2n) is 4.71. The molecule has 0 unspecified atom stereocenters. The van der Waals surface area contributed by atoms with Crippen molar-refractivity contribution >= 4 is 24.0 Å². The second kappa shape index (κ2) is 8.40. The van der Waals surface area contributed by atoms with Crippen LogP contribution in [-0.4, -0.2) is 44.2 Å². The normalized spacial score (nSPS) is 13.5. The highest BCUT2D eigenvalue weighted by Crippen LogP contribution is 2.30. The number of methoxy groups -OCH3 is 1. The Hall–Kier alpha value is -2.06. The van der Waals surface area contributed by atoms with Gasteiger partial charge in [-0.3, -0.25) is 14.9 Å². The number of halogens is 1. The number of hydrogen-bond acceptors (Lipinski definition) is 6. The average Bonchev–Trinajstić information content (AvgIpc) is 2.42. The van der Waals surface area contributed by atoms with E-state index in [1.54, 1.807) is 0 Å². The van der Waals surface area contributed by atoms with Gasteiger partial charge in [0.2, 0.25) is 5.75 Å². The van der Waals surface area contributed by atoms with Crippen LogP contribution in [0.25, 0.3) is 0 Å². The van der Waals surface area contributed by atoms with E-state index in [2.05, 4.69) is 10.6 Å². The molecule has 0 atom stereocenters. The number of nitrogens with one attached hydrogen (secondary N) is 2. The lowest BCUT2D eigenvalue weighted by molar-refractivity contribution is -0.385. The Balaban J connectivity index is 0.00000242. The fraction of sp³-hybridized carbons (Fsp3) is 0.462. The molecule has 0 aromatic heterocycles. The molecule has 1 aliphatic rings. The zero-order valence-electron chi connectivity index (χ0n) is 12.0. The largest absolute Gasteiger partial charge is 0.490 e. The number of nitro groups is 1. The Kier molecular flexibility index (Phi) is 6.87. The quantitative estimate of drug-likeness (QED) is 0.564. The Bertz CT molecular complexity index is 536. The minimum atomic E-state index is -0.540. The predicted molar refractivity (Wildman–Crippen MR) is 81.8 cm³/mol. The molecule has 8 nitrogen and oxygen atoms in total. The fourth-order valence-electron chi connectivity index (χ4n) is 1.85. The summed E-state index contributed by atoms with van der Waals surface area (Å²) in [4.78, 5) is 21.8. The standard InChI is InChI=1S/C13H17N3O5.ClH/c1-20-12-4-10(2-3-11(12)16(18)19)21-8-13(17)15-7-9-5-14-6-9;/h2-4,9,14H,5-8H2,1H3,(H,15,17);1H. The van der Waals surface area contributed by atoms with Crippen LogP contribution in [0.4, 0.5) is 5.69 Å². The summed E-state index contributed by atoms with van der Waals surface area (Å²) in [5, 5.41) is 16.6. The van der Waals surface area contributed by atoms with E-state index in [-0.39, 0.29) is 36.4 Å². The van der Waals surface area contributed by atoms with Gasteiger partial charge in [-0.05, 0) is 6.07 Å². The minimum Gasteiger partial charge on any atom is -0.490 e. The van der Waals surface area contributed by atoms with Crippen LogP contribution < -0.4 is 20.1 Å². The SMILES string of the molecule is COc1cc(OCC(=O)NCC2CNC2)ccc1[N+](=O)[O-].Cl. The molecule has 22 heavy (non-hydrogen) atoms. The average molecular weight is 332 g/mol. The number of amides is 1. The summed E-state index contributed by atoms with van der Waals surface area (Å²) < 4.78 is 10.2. The molecule has 1 heterocycles. The number of hydrogen-bond donors (Lipinski definition) is 2. The summed E-state index contributed by atoms with van der Waals surface area (Å²) in [6, 6.07) is 4.11. The van der Waals surface area contributed by atoms with Gasteiger partial charge in [0.25, 0.3) is 5.91 Å². The van der Waals surface area contributed by atoms with E-state index in [0.717, 1.165) is 13.1 Å². The van der Waals surface area contributed by atoms with Crippen molar-refractivity contribution in [1.29, 1.82) is 0 Å². The van der Waals surface area contributed by atoms with E-state index in [1.807, 2.05) is 0 Å². The predicted octanol–water partition coefficient (Wildman–Crippen LogP) is 0.740. The third-order valence-electron chi connectivity index (χ3n) is 3.17. The van der Waals surface area contributed by atoms with E-state index in [9.17, 15) is 14.9 Å². The van der Waals surface area contributed by atoms with E-state index in [4.69, 9.17) is 9.47 Å². The number of rotatable bonds is 7. The van der Waals surface area contributed by atoms with Crippen molar-refractivity contribution in [1.82, 2.24) is 10.6 Å². The molecule has 0 spiro atoms. The summed E-state index contributed by atoms with van der Waals surface area (Å²) in [5.41, 5.74) is -0.146. The Morgan fingerprint density at radius 3 is 2.77 bits per heavy atom. The lowest BCUT2D eigenvalue weighted by atomic mass is 10.0. The number of nitrogens with zero attached hydrogens (tertiary/aromatic N) is 1. The number of benzene rings is 1. The summed E-state index contributed by atoms with van der Waals surface area (Å²) >= 11 is 0. The van der Waals surface area contributed by atoms with Crippen molar-refractivity contribution in [3.8, 4) is 11.5 Å². The Morgan fingerprint density at radius 2 is 2.23 bits per heavy atom. The molecule has 0 radical (unpaired) electrons. The molecule has 0 bridgehead atoms. The first-order valence-corrected chi connectivity index (χ1v) is 6.53. The van der Waals surface area contributed by atoms with Gasteiger partial charge in [0.15, 0.2) is 6.61 Å². The highest BCUT2D eigenvalue weighted by Gasteiger charge is 2.18. The van der Waals surface area contributed by atoms with Gasteiger partial charge in [0, 0.05) is 37.7 Å². The van der Waals surface area contributed by atoms with Gasteiger partial charge in [-0.1, -0.05) is 0 Å². The third kappa shape index (κ3) is 4.74. The molecule has 1 amide bonds. The van der Waals surface area contributed by atoms with Gasteiger partial charge in [-0.25, -0.2) is 0 Å². The maximum absolute atomic E-state index is 11.6. The van der Waals surface area contributed by atoms with Gasteiger partial charge >= 0.3 is 5.69 Å². The summed E-state index contributed by atoms with van der Waals surface area (Å²) in [7, 11) is 1.34. The molecule has 1 fully saturated rings. The van der Waals surface area contributed by atoms with Crippen LogP contribution in [0.3, 0.4) is 0 Å². The monoisotopic (exact) mass is 331 g/mol. The first-order chi connectivity index (χ1) is 10.1. The highest BCUT2D eigenvalue weighted by atomic mass is 35.5. The topological polar surface area (TPSA) is 103 Å². The molecule has 2 N–H and O–H groups in total. The molecular formula is C13H18ClN3O5. The maximum Gasteiger partial charge on any atom is 0.311 e. The van der Waals surface area contributed by atoms with E-state index < -0.39 is 4.92 Å². The lowest BCUT2D eigenvalue weighted by Gasteiger charge is -2.27. The summed E-state index contributed by atoms with van der Waals surface area (Å²) in [6.45, 7) is 2.32. The molecule has 122 valence electrons. The van der Waals surface area contributed by atoms with Crippen LogP contribution in [0.1, 0.15) is 0 Å². The van der Waals surface area contributed by atoms with Gasteiger partial charge in [-0.2, -0.15) is 0 Å². The van der Waals surface area contributed by atoms with Gasteiger partial charge < -0.3 is 20.1 Å².